The normalized spacial score (nSPS) is 17.3. The van der Waals surface area contributed by atoms with Gasteiger partial charge in [-0.05, 0) is 24.8 Å². The Morgan fingerprint density at radius 1 is 1.19 bits per heavy atom. The van der Waals surface area contributed by atoms with Crippen molar-refractivity contribution in [1.29, 1.82) is 0 Å². The quantitative estimate of drug-likeness (QED) is 0.865. The van der Waals surface area contributed by atoms with E-state index in [1.165, 1.54) is 11.3 Å². The molecule has 138 valence electrons. The van der Waals surface area contributed by atoms with Crippen molar-refractivity contribution in [2.45, 2.75) is 25.8 Å². The van der Waals surface area contributed by atoms with Crippen LogP contribution in [-0.2, 0) is 19.4 Å². The van der Waals surface area contributed by atoms with Gasteiger partial charge in [0.05, 0.1) is 12.2 Å². The zero-order valence-corrected chi connectivity index (χ0v) is 15.4. The van der Waals surface area contributed by atoms with Crippen LogP contribution < -0.4 is 10.9 Å². The van der Waals surface area contributed by atoms with Crippen molar-refractivity contribution in [1.82, 2.24) is 24.6 Å². The SMILES string of the molecule is O=C(Nc1nccs1)N1CCN(CCn2nc3c(cc2=O)CCC3)CC1. The minimum Gasteiger partial charge on any atom is -0.322 e. The van der Waals surface area contributed by atoms with Gasteiger partial charge in [-0.1, -0.05) is 0 Å². The van der Waals surface area contributed by atoms with Gasteiger partial charge in [0.1, 0.15) is 0 Å². The van der Waals surface area contributed by atoms with Crippen LogP contribution in [0.4, 0.5) is 9.93 Å². The molecular formula is C17H22N6O2S. The minimum absolute atomic E-state index is 0.00730. The lowest BCUT2D eigenvalue weighted by atomic mass is 10.2. The molecule has 4 rings (SSSR count). The second kappa shape index (κ2) is 7.55. The fourth-order valence-electron chi connectivity index (χ4n) is 3.47. The molecule has 0 bridgehead atoms. The second-order valence-corrected chi connectivity index (χ2v) is 7.52. The molecule has 0 saturated carbocycles. The number of thiazole rings is 1. The number of urea groups is 1. The maximum absolute atomic E-state index is 12.2. The first-order valence-electron chi connectivity index (χ1n) is 8.97. The second-order valence-electron chi connectivity index (χ2n) is 6.63. The molecule has 1 saturated heterocycles. The Hall–Kier alpha value is -2.26. The molecule has 9 heteroatoms. The minimum atomic E-state index is -0.101. The van der Waals surface area contributed by atoms with E-state index >= 15 is 0 Å². The number of nitrogens with one attached hydrogen (secondary N) is 1. The van der Waals surface area contributed by atoms with Gasteiger partial charge in [0.15, 0.2) is 5.13 Å². The van der Waals surface area contributed by atoms with Crippen LogP contribution >= 0.6 is 11.3 Å². The van der Waals surface area contributed by atoms with Crippen molar-refractivity contribution < 1.29 is 4.79 Å². The number of carbonyl (C=O) groups excluding carboxylic acids is 1. The Morgan fingerprint density at radius 2 is 2.04 bits per heavy atom. The standard InChI is InChI=1S/C17H22N6O2S/c24-15-12-13-2-1-3-14(13)20-23(15)10-7-21-5-8-22(9-6-21)17(25)19-16-18-4-11-26-16/h4,11-12H,1-3,5-10H2,(H,18,19,25). The number of aromatic nitrogens is 3. The molecule has 1 N–H and O–H groups in total. The highest BCUT2D eigenvalue weighted by atomic mass is 32.1. The number of aryl methyl sites for hydroxylation is 2. The Balaban J connectivity index is 1.27. The first-order chi connectivity index (χ1) is 12.7. The lowest BCUT2D eigenvalue weighted by Crippen LogP contribution is -2.50. The van der Waals surface area contributed by atoms with Crippen molar-refractivity contribution >= 4 is 22.5 Å². The average Bonchev–Trinajstić information content (AvgIpc) is 3.31. The molecule has 0 aromatic carbocycles. The Bertz CT molecular complexity index is 826. The van der Waals surface area contributed by atoms with E-state index in [1.54, 1.807) is 21.8 Å². The number of carbonyl (C=O) groups is 1. The molecule has 1 fully saturated rings. The Morgan fingerprint density at radius 3 is 2.81 bits per heavy atom. The molecular weight excluding hydrogens is 352 g/mol. The van der Waals surface area contributed by atoms with Crippen LogP contribution in [0.1, 0.15) is 17.7 Å². The summed E-state index contributed by atoms with van der Waals surface area (Å²) >= 11 is 1.41. The van der Waals surface area contributed by atoms with Crippen LogP contribution in [0.15, 0.2) is 22.4 Å². The van der Waals surface area contributed by atoms with Crippen LogP contribution in [0.2, 0.25) is 0 Å². The fourth-order valence-corrected chi connectivity index (χ4v) is 3.98. The van der Waals surface area contributed by atoms with E-state index in [4.69, 9.17) is 0 Å². The molecule has 3 heterocycles. The van der Waals surface area contributed by atoms with Crippen LogP contribution in [0, 0.1) is 0 Å². The number of amides is 2. The summed E-state index contributed by atoms with van der Waals surface area (Å²) in [7, 11) is 0. The van der Waals surface area contributed by atoms with Crippen LogP contribution in [0.3, 0.4) is 0 Å². The highest BCUT2D eigenvalue weighted by Crippen LogP contribution is 2.17. The Labute approximate surface area is 155 Å². The van der Waals surface area contributed by atoms with Gasteiger partial charge in [-0.3, -0.25) is 15.0 Å². The van der Waals surface area contributed by atoms with Gasteiger partial charge in [0.2, 0.25) is 0 Å². The zero-order chi connectivity index (χ0) is 17.9. The van der Waals surface area contributed by atoms with E-state index in [0.717, 1.165) is 50.2 Å². The summed E-state index contributed by atoms with van der Waals surface area (Å²) in [4.78, 5) is 32.5. The molecule has 0 spiro atoms. The molecule has 2 aromatic heterocycles. The van der Waals surface area contributed by atoms with Gasteiger partial charge in [0.25, 0.3) is 5.56 Å². The van der Waals surface area contributed by atoms with E-state index in [-0.39, 0.29) is 11.6 Å². The maximum Gasteiger partial charge on any atom is 0.323 e. The molecule has 2 aromatic rings. The number of nitrogens with zero attached hydrogens (tertiary/aromatic N) is 5. The fraction of sp³-hybridized carbons (Fsp3) is 0.529. The van der Waals surface area contributed by atoms with Gasteiger partial charge in [-0.25, -0.2) is 14.5 Å². The summed E-state index contributed by atoms with van der Waals surface area (Å²) in [5, 5.41) is 9.80. The zero-order valence-electron chi connectivity index (χ0n) is 14.6. The number of hydrogen-bond donors (Lipinski definition) is 1. The van der Waals surface area contributed by atoms with E-state index in [1.807, 2.05) is 5.38 Å². The van der Waals surface area contributed by atoms with Crippen LogP contribution in [0.25, 0.3) is 0 Å². The third-order valence-corrected chi connectivity index (χ3v) is 5.65. The lowest BCUT2D eigenvalue weighted by Gasteiger charge is -2.34. The predicted octanol–water partition coefficient (Wildman–Crippen LogP) is 1.04. The van der Waals surface area contributed by atoms with Crippen LogP contribution in [-0.4, -0.2) is 63.3 Å². The summed E-state index contributed by atoms with van der Waals surface area (Å²) in [6.07, 6.45) is 4.72. The van der Waals surface area contributed by atoms with E-state index in [9.17, 15) is 9.59 Å². The molecule has 8 nitrogen and oxygen atoms in total. The monoisotopic (exact) mass is 374 g/mol. The summed E-state index contributed by atoms with van der Waals surface area (Å²) in [6.45, 7) is 4.30. The van der Waals surface area contributed by atoms with Gasteiger partial charge >= 0.3 is 6.03 Å². The van der Waals surface area contributed by atoms with Crippen molar-refractivity contribution in [3.8, 4) is 0 Å². The number of piperazine rings is 1. The molecule has 2 amide bonds. The smallest absolute Gasteiger partial charge is 0.322 e. The van der Waals surface area contributed by atoms with Crippen molar-refractivity contribution in [3.63, 3.8) is 0 Å². The molecule has 1 aliphatic carbocycles. The largest absolute Gasteiger partial charge is 0.323 e. The van der Waals surface area contributed by atoms with Crippen molar-refractivity contribution in [3.05, 3.63) is 39.3 Å². The molecule has 0 radical (unpaired) electrons. The van der Waals surface area contributed by atoms with Gasteiger partial charge in [-0.2, -0.15) is 5.10 Å². The van der Waals surface area contributed by atoms with E-state index in [2.05, 4.69) is 20.3 Å². The van der Waals surface area contributed by atoms with Crippen LogP contribution in [0.5, 0.6) is 0 Å². The van der Waals surface area contributed by atoms with E-state index < -0.39 is 0 Å². The predicted molar refractivity (Wildman–Crippen MR) is 99.7 cm³/mol. The summed E-state index contributed by atoms with van der Waals surface area (Å²) in [5.41, 5.74) is 2.19. The number of hydrogen-bond acceptors (Lipinski definition) is 6. The van der Waals surface area contributed by atoms with Gasteiger partial charge in [0, 0.05) is 50.4 Å². The number of fused-ring (bicyclic) bond motifs is 1. The molecule has 1 aliphatic heterocycles. The maximum atomic E-state index is 12.2. The van der Waals surface area contributed by atoms with Gasteiger partial charge < -0.3 is 4.90 Å². The van der Waals surface area contributed by atoms with Gasteiger partial charge in [-0.15, -0.1) is 11.3 Å². The Kier molecular flexibility index (Phi) is 4.98. The lowest BCUT2D eigenvalue weighted by molar-refractivity contribution is 0.143. The van der Waals surface area contributed by atoms with Crippen molar-refractivity contribution in [2.75, 3.05) is 38.0 Å². The molecule has 2 aliphatic rings. The topological polar surface area (TPSA) is 83.4 Å². The summed E-state index contributed by atoms with van der Waals surface area (Å²) in [6, 6.07) is 1.65. The molecule has 26 heavy (non-hydrogen) atoms. The third kappa shape index (κ3) is 3.78. The first-order valence-corrected chi connectivity index (χ1v) is 9.85. The first kappa shape index (κ1) is 17.2. The molecule has 0 atom stereocenters. The van der Waals surface area contributed by atoms with E-state index in [0.29, 0.717) is 24.8 Å². The van der Waals surface area contributed by atoms with Crippen molar-refractivity contribution in [2.24, 2.45) is 0 Å². The molecule has 0 unspecified atom stereocenters. The number of rotatable bonds is 4. The summed E-state index contributed by atoms with van der Waals surface area (Å²) in [5.74, 6) is 0. The summed E-state index contributed by atoms with van der Waals surface area (Å²) < 4.78 is 1.59. The highest BCUT2D eigenvalue weighted by molar-refractivity contribution is 7.13. The number of anilines is 1. The third-order valence-electron chi connectivity index (χ3n) is 4.96. The highest BCUT2D eigenvalue weighted by Gasteiger charge is 2.22. The average molecular weight is 374 g/mol.